The number of allylic oxidation sites excluding steroid dienone is 1. The van der Waals surface area contributed by atoms with Crippen molar-refractivity contribution in [2.24, 2.45) is 28.1 Å². The highest BCUT2D eigenvalue weighted by Gasteiger charge is 2.67. The molecule has 0 radical (unpaired) electrons. The Hall–Kier alpha value is -0.260. The van der Waals surface area contributed by atoms with Crippen molar-refractivity contribution in [3.63, 3.8) is 0 Å². The molecular formula is C16H26. The van der Waals surface area contributed by atoms with Crippen LogP contribution in [0.3, 0.4) is 0 Å². The van der Waals surface area contributed by atoms with E-state index in [1.165, 1.54) is 37.7 Å². The molecule has 2 bridgehead atoms. The topological polar surface area (TPSA) is 0 Å². The van der Waals surface area contributed by atoms with E-state index in [1.54, 1.807) is 0 Å². The Labute approximate surface area is 101 Å². The van der Waals surface area contributed by atoms with Crippen molar-refractivity contribution in [2.75, 3.05) is 0 Å². The molecule has 3 fully saturated rings. The van der Waals surface area contributed by atoms with Crippen molar-refractivity contribution < 1.29 is 0 Å². The Kier molecular flexibility index (Phi) is 1.88. The monoisotopic (exact) mass is 218 g/mol. The van der Waals surface area contributed by atoms with E-state index in [2.05, 4.69) is 34.3 Å². The molecule has 0 heteroatoms. The van der Waals surface area contributed by atoms with E-state index in [1.807, 2.05) is 0 Å². The molecule has 16 heavy (non-hydrogen) atoms. The van der Waals surface area contributed by atoms with Crippen LogP contribution < -0.4 is 0 Å². The zero-order valence-corrected chi connectivity index (χ0v) is 11.4. The Morgan fingerprint density at radius 1 is 1.19 bits per heavy atom. The minimum Gasteiger partial charge on any atom is -0.0998 e. The lowest BCUT2D eigenvalue weighted by atomic mass is 9.48. The Balaban J connectivity index is 2.10. The van der Waals surface area contributed by atoms with E-state index < -0.39 is 0 Å². The van der Waals surface area contributed by atoms with E-state index >= 15 is 0 Å². The summed E-state index contributed by atoms with van der Waals surface area (Å²) in [5, 5.41) is 0. The van der Waals surface area contributed by atoms with Crippen molar-refractivity contribution in [1.29, 1.82) is 0 Å². The quantitative estimate of drug-likeness (QED) is 0.512. The van der Waals surface area contributed by atoms with Gasteiger partial charge in [0.15, 0.2) is 0 Å². The fourth-order valence-electron chi connectivity index (χ4n) is 5.73. The molecule has 3 atom stereocenters. The summed E-state index contributed by atoms with van der Waals surface area (Å²) >= 11 is 0. The Bertz CT molecular complexity index is 347. The third kappa shape index (κ3) is 1.02. The van der Waals surface area contributed by atoms with Crippen LogP contribution in [0.1, 0.15) is 59.8 Å². The summed E-state index contributed by atoms with van der Waals surface area (Å²) in [4.78, 5) is 0. The first kappa shape index (κ1) is 10.9. The molecule has 0 amide bonds. The van der Waals surface area contributed by atoms with Crippen molar-refractivity contribution in [3.05, 3.63) is 12.2 Å². The van der Waals surface area contributed by atoms with Gasteiger partial charge in [0.2, 0.25) is 0 Å². The van der Waals surface area contributed by atoms with Gasteiger partial charge in [-0.25, -0.2) is 0 Å². The molecule has 3 rings (SSSR count). The van der Waals surface area contributed by atoms with Crippen LogP contribution in [0.4, 0.5) is 0 Å². The molecule has 3 saturated carbocycles. The standard InChI is InChI=1S/C16H26/c1-11-8-13-15(4,5)12-6-7-16(13,10-12)14(2,3)9-11/h12-13H,1,6-10H2,2-5H3/t12-,13?,16+/m1/s1. The molecule has 0 nitrogen and oxygen atoms in total. The van der Waals surface area contributed by atoms with Crippen molar-refractivity contribution in [2.45, 2.75) is 59.8 Å². The molecule has 1 unspecified atom stereocenters. The van der Waals surface area contributed by atoms with Gasteiger partial charge in [-0.15, -0.1) is 0 Å². The fraction of sp³-hybridized carbons (Fsp3) is 0.875. The third-order valence-electron chi connectivity index (χ3n) is 6.70. The average Bonchev–Trinajstić information content (AvgIpc) is 2.63. The van der Waals surface area contributed by atoms with Gasteiger partial charge >= 0.3 is 0 Å². The molecule has 90 valence electrons. The van der Waals surface area contributed by atoms with Gasteiger partial charge in [0.05, 0.1) is 0 Å². The molecule has 0 aromatic heterocycles. The highest BCUT2D eigenvalue weighted by Crippen LogP contribution is 2.75. The second-order valence-electron chi connectivity index (χ2n) is 7.98. The smallest absolute Gasteiger partial charge is 0.0204 e. The predicted octanol–water partition coefficient (Wildman–Crippen LogP) is 4.81. The highest BCUT2D eigenvalue weighted by molar-refractivity contribution is 5.22. The second kappa shape index (κ2) is 2.76. The summed E-state index contributed by atoms with van der Waals surface area (Å²) in [6.07, 6.45) is 7.07. The van der Waals surface area contributed by atoms with Gasteiger partial charge in [-0.1, -0.05) is 39.8 Å². The van der Waals surface area contributed by atoms with Crippen LogP contribution in [0.15, 0.2) is 12.2 Å². The summed E-state index contributed by atoms with van der Waals surface area (Å²) in [5.74, 6) is 1.90. The van der Waals surface area contributed by atoms with E-state index in [4.69, 9.17) is 0 Å². The second-order valence-corrected chi connectivity index (χ2v) is 7.98. The van der Waals surface area contributed by atoms with Crippen LogP contribution in [0.2, 0.25) is 0 Å². The molecule has 0 heterocycles. The molecule has 3 aliphatic rings. The SMILES string of the molecule is C=C1CC2C(C)(C)[C@@H]3CC[C@@]2(C3)C(C)(C)C1. The van der Waals surface area contributed by atoms with Crippen LogP contribution in [0, 0.1) is 28.1 Å². The van der Waals surface area contributed by atoms with Gasteiger partial charge in [-0.05, 0) is 60.2 Å². The lowest BCUT2D eigenvalue weighted by Gasteiger charge is -2.56. The average molecular weight is 218 g/mol. The van der Waals surface area contributed by atoms with Gasteiger partial charge in [-0.2, -0.15) is 0 Å². The molecule has 0 aromatic carbocycles. The van der Waals surface area contributed by atoms with Crippen LogP contribution >= 0.6 is 0 Å². The maximum atomic E-state index is 4.32. The van der Waals surface area contributed by atoms with Gasteiger partial charge in [-0.3, -0.25) is 0 Å². The molecule has 0 aliphatic heterocycles. The normalized spacial score (nSPS) is 48.1. The highest BCUT2D eigenvalue weighted by atomic mass is 14.7. The lowest BCUT2D eigenvalue weighted by Crippen LogP contribution is -2.48. The minimum atomic E-state index is 0.496. The molecule has 1 spiro atoms. The zero-order chi connectivity index (χ0) is 11.8. The molecule has 0 saturated heterocycles. The van der Waals surface area contributed by atoms with Gasteiger partial charge in [0, 0.05) is 0 Å². The zero-order valence-electron chi connectivity index (χ0n) is 11.4. The first-order valence-corrected chi connectivity index (χ1v) is 6.96. The Morgan fingerprint density at radius 3 is 2.56 bits per heavy atom. The summed E-state index contributed by atoms with van der Waals surface area (Å²) in [7, 11) is 0. The Morgan fingerprint density at radius 2 is 1.88 bits per heavy atom. The van der Waals surface area contributed by atoms with Crippen LogP contribution in [-0.2, 0) is 0 Å². The molecular weight excluding hydrogens is 192 g/mol. The van der Waals surface area contributed by atoms with Gasteiger partial charge in [0.1, 0.15) is 0 Å². The largest absolute Gasteiger partial charge is 0.0998 e. The first-order chi connectivity index (χ1) is 7.30. The van der Waals surface area contributed by atoms with E-state index in [0.717, 1.165) is 11.8 Å². The number of rotatable bonds is 0. The van der Waals surface area contributed by atoms with Crippen LogP contribution in [-0.4, -0.2) is 0 Å². The maximum absolute atomic E-state index is 4.32. The van der Waals surface area contributed by atoms with E-state index in [-0.39, 0.29) is 0 Å². The summed E-state index contributed by atoms with van der Waals surface area (Å²) in [6.45, 7) is 14.4. The number of fused-ring (bicyclic) bond motifs is 1. The maximum Gasteiger partial charge on any atom is -0.0204 e. The molecule has 3 aliphatic carbocycles. The predicted molar refractivity (Wildman–Crippen MR) is 69.2 cm³/mol. The first-order valence-electron chi connectivity index (χ1n) is 6.96. The number of hydrogen-bond donors (Lipinski definition) is 0. The lowest BCUT2D eigenvalue weighted by molar-refractivity contribution is -0.0459. The van der Waals surface area contributed by atoms with Crippen LogP contribution in [0.5, 0.6) is 0 Å². The molecule has 0 aromatic rings. The van der Waals surface area contributed by atoms with Gasteiger partial charge in [0.25, 0.3) is 0 Å². The van der Waals surface area contributed by atoms with E-state index in [9.17, 15) is 0 Å². The summed E-state index contributed by atoms with van der Waals surface area (Å²) < 4.78 is 0. The summed E-state index contributed by atoms with van der Waals surface area (Å²) in [6, 6.07) is 0. The third-order valence-corrected chi connectivity index (χ3v) is 6.70. The van der Waals surface area contributed by atoms with E-state index in [0.29, 0.717) is 16.2 Å². The number of hydrogen-bond acceptors (Lipinski definition) is 0. The van der Waals surface area contributed by atoms with Crippen molar-refractivity contribution >= 4 is 0 Å². The fourth-order valence-corrected chi connectivity index (χ4v) is 5.73. The van der Waals surface area contributed by atoms with Crippen molar-refractivity contribution in [1.82, 2.24) is 0 Å². The summed E-state index contributed by atoms with van der Waals surface area (Å²) in [5.41, 5.74) is 3.23. The van der Waals surface area contributed by atoms with Gasteiger partial charge < -0.3 is 0 Å². The van der Waals surface area contributed by atoms with Crippen molar-refractivity contribution in [3.8, 4) is 0 Å². The molecule has 0 N–H and O–H groups in total. The van der Waals surface area contributed by atoms with Crippen LogP contribution in [0.25, 0.3) is 0 Å². The minimum absolute atomic E-state index is 0.496.